The Morgan fingerprint density at radius 1 is 0.412 bits per heavy atom. The van der Waals surface area contributed by atoms with Gasteiger partial charge in [0.1, 0.15) is 0 Å². The quantitative estimate of drug-likeness (QED) is 0.0656. The van der Waals surface area contributed by atoms with Crippen LogP contribution in [0.25, 0.3) is 0 Å². The molecule has 0 aliphatic rings. The Hall–Kier alpha value is -2.16. The number of halogens is 1. The van der Waals surface area contributed by atoms with Gasteiger partial charge >= 0.3 is 324 Å². The molecular formula is C43H64BrO3PSi3. The van der Waals surface area contributed by atoms with Crippen LogP contribution in [0.2, 0.25) is 54.4 Å². The summed E-state index contributed by atoms with van der Waals surface area (Å²) in [6.07, 6.45) is 0.744. The molecule has 0 amide bonds. The van der Waals surface area contributed by atoms with Gasteiger partial charge in [0.2, 0.25) is 0 Å². The molecule has 8 heteroatoms. The van der Waals surface area contributed by atoms with Gasteiger partial charge in [-0.3, -0.25) is 0 Å². The number of rotatable bonds is 20. The van der Waals surface area contributed by atoms with Gasteiger partial charge in [-0.2, -0.15) is 0 Å². The van der Waals surface area contributed by atoms with Gasteiger partial charge in [-0.1, -0.05) is 0 Å². The first kappa shape index (κ1) is 41.6. The molecule has 3 nitrogen and oxygen atoms in total. The van der Waals surface area contributed by atoms with Crippen molar-refractivity contribution in [2.24, 2.45) is 0 Å². The molecule has 0 spiro atoms. The SMILES string of the molecule is CC[Si](CC)(CC)Oc1ccc(CP(Br)(c2ccccc2)(c2ccccc2)c2ccccc2)c(O[Si](CC)(CC)CC)c1O[Si](CC)(CC)CC. The second-order valence-electron chi connectivity index (χ2n) is 14.3. The van der Waals surface area contributed by atoms with Crippen molar-refractivity contribution >= 4 is 61.7 Å². The molecule has 0 saturated carbocycles. The molecule has 0 atom stereocenters. The first-order valence-corrected chi connectivity index (χ1v) is 31.7. The molecule has 0 bridgehead atoms. The minimum atomic E-state index is -3.36. The maximum absolute atomic E-state index is 7.72. The van der Waals surface area contributed by atoms with Gasteiger partial charge in [-0.05, 0) is 0 Å². The van der Waals surface area contributed by atoms with Gasteiger partial charge in [0.05, 0.1) is 0 Å². The second-order valence-corrected chi connectivity index (χ2v) is 37.3. The predicted molar refractivity (Wildman–Crippen MR) is 238 cm³/mol. The summed E-state index contributed by atoms with van der Waals surface area (Å²) in [7, 11) is -6.38. The van der Waals surface area contributed by atoms with Crippen molar-refractivity contribution in [2.45, 2.75) is 123 Å². The van der Waals surface area contributed by atoms with E-state index in [1.54, 1.807) is 0 Å². The summed E-state index contributed by atoms with van der Waals surface area (Å²) in [5.41, 5.74) is 1.19. The van der Waals surface area contributed by atoms with Gasteiger partial charge in [0, 0.05) is 0 Å². The fraction of sp³-hybridized carbons (Fsp3) is 0.442. The summed E-state index contributed by atoms with van der Waals surface area (Å²) in [6, 6.07) is 47.5. The Morgan fingerprint density at radius 3 is 1.06 bits per heavy atom. The van der Waals surface area contributed by atoms with Crippen molar-refractivity contribution in [3.8, 4) is 17.2 Å². The number of benzene rings is 4. The van der Waals surface area contributed by atoms with Gasteiger partial charge in [-0.15, -0.1) is 0 Å². The third-order valence-corrected chi connectivity index (χ3v) is 35.3. The van der Waals surface area contributed by atoms with Crippen LogP contribution in [0.1, 0.15) is 67.9 Å². The first-order chi connectivity index (χ1) is 24.5. The van der Waals surface area contributed by atoms with Crippen LogP contribution in [0.15, 0.2) is 103 Å². The molecule has 4 rings (SSSR count). The summed E-state index contributed by atoms with van der Waals surface area (Å²) in [4.78, 5) is 0. The molecule has 0 heterocycles. The van der Waals surface area contributed by atoms with E-state index in [1.165, 1.54) is 21.5 Å². The third kappa shape index (κ3) is 8.18. The van der Waals surface area contributed by atoms with Crippen LogP contribution in [0.4, 0.5) is 0 Å². The van der Waals surface area contributed by atoms with Crippen LogP contribution in [-0.4, -0.2) is 25.0 Å². The molecule has 278 valence electrons. The number of hydrogen-bond donors (Lipinski definition) is 0. The van der Waals surface area contributed by atoms with Crippen LogP contribution < -0.4 is 29.2 Å². The van der Waals surface area contributed by atoms with E-state index in [2.05, 4.69) is 165 Å². The van der Waals surface area contributed by atoms with E-state index in [4.69, 9.17) is 28.8 Å². The Balaban J connectivity index is 2.19. The van der Waals surface area contributed by atoms with Gasteiger partial charge in [0.15, 0.2) is 0 Å². The molecule has 4 aromatic carbocycles. The van der Waals surface area contributed by atoms with Crippen molar-refractivity contribution in [3.63, 3.8) is 0 Å². The van der Waals surface area contributed by atoms with Gasteiger partial charge in [0.25, 0.3) is 0 Å². The second kappa shape index (κ2) is 17.8. The molecule has 0 fully saturated rings. The fourth-order valence-electron chi connectivity index (χ4n) is 7.82. The Labute approximate surface area is 322 Å². The van der Waals surface area contributed by atoms with Gasteiger partial charge < -0.3 is 0 Å². The molecule has 0 aliphatic carbocycles. The molecule has 4 aromatic rings. The zero-order valence-corrected chi connectivity index (χ0v) is 38.4. The fourth-order valence-corrected chi connectivity index (χ4v) is 23.2. The van der Waals surface area contributed by atoms with Crippen molar-refractivity contribution in [3.05, 3.63) is 109 Å². The maximum atomic E-state index is 7.72. The number of hydrogen-bond acceptors (Lipinski definition) is 3. The Bertz CT molecular complexity index is 1540. The molecular weight excluding hydrogens is 760 g/mol. The van der Waals surface area contributed by atoms with E-state index in [0.29, 0.717) is 0 Å². The standard InChI is InChI=1S/C43H64BrO3PSi3/c1-10-49(11-2,12-3)45-41-35-34-37(42(46-50(13-4,14-5)15-6)43(41)47-51(16-7,17-8)18-9)36-48(44,38-28-22-19-23-29-38,39-30-24-20-25-31-39)40-32-26-21-27-33-40/h19-35H,10-18,36H2,1-9H3. The molecule has 51 heavy (non-hydrogen) atoms. The van der Waals surface area contributed by atoms with E-state index >= 15 is 0 Å². The van der Waals surface area contributed by atoms with Crippen LogP contribution in [0.3, 0.4) is 0 Å². The average molecular weight is 824 g/mol. The minimum absolute atomic E-state index is 0.744. The van der Waals surface area contributed by atoms with E-state index in [0.717, 1.165) is 77.8 Å². The van der Waals surface area contributed by atoms with Crippen LogP contribution in [0.5, 0.6) is 17.2 Å². The summed E-state index contributed by atoms with van der Waals surface area (Å²) >= 11 is 4.78. The van der Waals surface area contributed by atoms with Crippen molar-refractivity contribution in [2.75, 3.05) is 0 Å². The third-order valence-electron chi connectivity index (χ3n) is 12.3. The summed E-state index contributed by atoms with van der Waals surface area (Å²) in [5, 5.41) is 0.542. The van der Waals surface area contributed by atoms with E-state index in [1.807, 2.05) is 0 Å². The Kier molecular flexibility index (Phi) is 14.5. The average Bonchev–Trinajstić information content (AvgIpc) is 3.20. The van der Waals surface area contributed by atoms with Crippen molar-refractivity contribution < 1.29 is 13.3 Å². The van der Waals surface area contributed by atoms with Gasteiger partial charge in [-0.25, -0.2) is 0 Å². The zero-order chi connectivity index (χ0) is 37.2. The summed E-state index contributed by atoms with van der Waals surface area (Å²) in [6.45, 7) is 20.9. The summed E-state index contributed by atoms with van der Waals surface area (Å²) in [5.74, 6) is 2.73. The molecule has 0 aromatic heterocycles. The normalized spacial score (nSPS) is 13.3. The Morgan fingerprint density at radius 2 is 0.725 bits per heavy atom. The first-order valence-electron chi connectivity index (χ1n) is 19.7. The van der Waals surface area contributed by atoms with Crippen molar-refractivity contribution in [1.82, 2.24) is 0 Å². The molecule has 0 N–H and O–H groups in total. The van der Waals surface area contributed by atoms with Crippen LogP contribution in [0, 0.1) is 0 Å². The van der Waals surface area contributed by atoms with Crippen LogP contribution >= 0.6 is 20.8 Å². The summed E-state index contributed by atoms with van der Waals surface area (Å²) < 4.78 is 22.7. The molecule has 0 saturated heterocycles. The molecule has 0 aliphatic heterocycles. The van der Waals surface area contributed by atoms with E-state index < -0.39 is 30.3 Å². The monoisotopic (exact) mass is 822 g/mol. The zero-order valence-electron chi connectivity index (χ0n) is 32.9. The topological polar surface area (TPSA) is 27.7 Å². The van der Waals surface area contributed by atoms with E-state index in [9.17, 15) is 0 Å². The molecule has 0 radical (unpaired) electrons. The molecule has 0 unspecified atom stereocenters. The predicted octanol–water partition coefficient (Wildman–Crippen LogP) is 13.2. The van der Waals surface area contributed by atoms with Crippen LogP contribution in [-0.2, 0) is 6.16 Å². The van der Waals surface area contributed by atoms with Crippen molar-refractivity contribution in [1.29, 1.82) is 0 Å². The van der Waals surface area contributed by atoms with E-state index in [-0.39, 0.29) is 0 Å².